The number of aryl methyl sites for hydroxylation is 1. The Labute approximate surface area is 130 Å². The molecule has 0 N–H and O–H groups in total. The second kappa shape index (κ2) is 7.91. The largest absolute Gasteiger partial charge is 0.391 e. The summed E-state index contributed by atoms with van der Waals surface area (Å²) in [4.78, 5) is 19.3. The van der Waals surface area contributed by atoms with E-state index in [1.54, 1.807) is 6.08 Å². The van der Waals surface area contributed by atoms with Crippen LogP contribution in [0.1, 0.15) is 29.2 Å². The summed E-state index contributed by atoms with van der Waals surface area (Å²) in [6.07, 6.45) is 1.56. The van der Waals surface area contributed by atoms with E-state index in [9.17, 15) is 4.79 Å². The van der Waals surface area contributed by atoms with Crippen molar-refractivity contribution < 1.29 is 9.63 Å². The van der Waals surface area contributed by atoms with Crippen LogP contribution in [0.4, 0.5) is 0 Å². The molecule has 4 nitrogen and oxygen atoms in total. The Morgan fingerprint density at radius 1 is 1.18 bits per heavy atom. The third-order valence-corrected chi connectivity index (χ3v) is 3.36. The van der Waals surface area contributed by atoms with Crippen LogP contribution in [0.3, 0.4) is 0 Å². The van der Waals surface area contributed by atoms with Gasteiger partial charge in [-0.1, -0.05) is 47.6 Å². The SMILES string of the molecule is CC(=NOCc1ccccc1)c1ccc(C)c(CN=C=O)c1. The van der Waals surface area contributed by atoms with E-state index < -0.39 is 0 Å². The Bertz CT molecular complexity index is 702. The van der Waals surface area contributed by atoms with E-state index in [-0.39, 0.29) is 0 Å². The highest BCUT2D eigenvalue weighted by molar-refractivity contribution is 5.98. The Hall–Kier alpha value is -2.71. The van der Waals surface area contributed by atoms with Gasteiger partial charge in [0.05, 0.1) is 12.3 Å². The predicted octanol–water partition coefficient (Wildman–Crippen LogP) is 3.77. The van der Waals surface area contributed by atoms with E-state index in [1.165, 1.54) is 0 Å². The molecule has 0 saturated heterocycles. The maximum absolute atomic E-state index is 10.2. The maximum atomic E-state index is 10.2. The Balaban J connectivity index is 2.06. The zero-order valence-electron chi connectivity index (χ0n) is 12.7. The molecular formula is C18H18N2O2. The molecule has 0 saturated carbocycles. The van der Waals surface area contributed by atoms with E-state index in [1.807, 2.05) is 62.4 Å². The van der Waals surface area contributed by atoms with Gasteiger partial charge in [0.2, 0.25) is 6.08 Å². The summed E-state index contributed by atoms with van der Waals surface area (Å²) in [5.41, 5.74) is 4.88. The second-order valence-electron chi connectivity index (χ2n) is 4.98. The average molecular weight is 294 g/mol. The van der Waals surface area contributed by atoms with Gasteiger partial charge in [0.25, 0.3) is 0 Å². The fourth-order valence-corrected chi connectivity index (χ4v) is 2.01. The highest BCUT2D eigenvalue weighted by Gasteiger charge is 2.03. The lowest BCUT2D eigenvalue weighted by atomic mass is 10.0. The minimum Gasteiger partial charge on any atom is -0.391 e. The minimum atomic E-state index is 0.335. The first-order chi connectivity index (χ1) is 10.7. The molecule has 0 aromatic heterocycles. The Kier molecular flexibility index (Phi) is 5.64. The van der Waals surface area contributed by atoms with Gasteiger partial charge in [-0.3, -0.25) is 0 Å². The molecule has 0 aliphatic rings. The molecular weight excluding hydrogens is 276 g/mol. The molecule has 2 rings (SSSR count). The van der Waals surface area contributed by atoms with Gasteiger partial charge in [0, 0.05) is 0 Å². The van der Waals surface area contributed by atoms with E-state index >= 15 is 0 Å². The third kappa shape index (κ3) is 4.40. The summed E-state index contributed by atoms with van der Waals surface area (Å²) in [5.74, 6) is 0. The first-order valence-corrected chi connectivity index (χ1v) is 7.04. The number of hydrogen-bond donors (Lipinski definition) is 0. The van der Waals surface area contributed by atoms with Gasteiger partial charge < -0.3 is 4.84 Å². The van der Waals surface area contributed by atoms with Gasteiger partial charge >= 0.3 is 0 Å². The average Bonchev–Trinajstić information content (AvgIpc) is 2.55. The minimum absolute atomic E-state index is 0.335. The van der Waals surface area contributed by atoms with Crippen LogP contribution in [0.15, 0.2) is 58.7 Å². The van der Waals surface area contributed by atoms with E-state index in [0.29, 0.717) is 13.2 Å². The second-order valence-corrected chi connectivity index (χ2v) is 4.98. The van der Waals surface area contributed by atoms with Crippen molar-refractivity contribution in [2.75, 3.05) is 0 Å². The van der Waals surface area contributed by atoms with Crippen molar-refractivity contribution in [1.82, 2.24) is 0 Å². The van der Waals surface area contributed by atoms with Crippen LogP contribution in [0.2, 0.25) is 0 Å². The van der Waals surface area contributed by atoms with Gasteiger partial charge in [-0.05, 0) is 42.2 Å². The molecule has 0 atom stereocenters. The molecule has 0 aliphatic carbocycles. The van der Waals surface area contributed by atoms with Gasteiger partial charge in [-0.25, -0.2) is 9.79 Å². The lowest BCUT2D eigenvalue weighted by molar-refractivity contribution is 0.130. The number of carbonyl (C=O) groups excluding carboxylic acids is 1. The van der Waals surface area contributed by atoms with Gasteiger partial charge in [0.1, 0.15) is 6.61 Å². The Morgan fingerprint density at radius 2 is 1.95 bits per heavy atom. The lowest BCUT2D eigenvalue weighted by Gasteiger charge is -2.07. The smallest absolute Gasteiger partial charge is 0.235 e. The van der Waals surface area contributed by atoms with Crippen LogP contribution in [0.5, 0.6) is 0 Å². The molecule has 22 heavy (non-hydrogen) atoms. The van der Waals surface area contributed by atoms with Crippen LogP contribution in [-0.4, -0.2) is 11.8 Å². The molecule has 0 radical (unpaired) electrons. The first-order valence-electron chi connectivity index (χ1n) is 7.04. The molecule has 0 spiro atoms. The third-order valence-electron chi connectivity index (χ3n) is 3.36. The number of benzene rings is 2. The summed E-state index contributed by atoms with van der Waals surface area (Å²) in [6, 6.07) is 15.8. The number of oxime groups is 1. The summed E-state index contributed by atoms with van der Waals surface area (Å²) in [7, 11) is 0. The van der Waals surface area contributed by atoms with Crippen molar-refractivity contribution in [2.45, 2.75) is 27.0 Å². The van der Waals surface area contributed by atoms with Gasteiger partial charge in [-0.2, -0.15) is 0 Å². The number of nitrogens with zero attached hydrogens (tertiary/aromatic N) is 2. The van der Waals surface area contributed by atoms with E-state index in [0.717, 1.165) is 28.0 Å². The summed E-state index contributed by atoms with van der Waals surface area (Å²) >= 11 is 0. The fraction of sp³-hybridized carbons (Fsp3) is 0.222. The molecule has 0 heterocycles. The van der Waals surface area contributed by atoms with Crippen molar-refractivity contribution in [3.05, 3.63) is 70.8 Å². The normalized spacial score (nSPS) is 10.9. The standard InChI is InChI=1S/C18H18N2O2/c1-14-8-9-17(10-18(14)11-19-13-21)15(2)20-22-12-16-6-4-3-5-7-16/h3-10H,11-12H2,1-2H3. The molecule has 112 valence electrons. The number of aliphatic imine (C=N–C) groups is 1. The lowest BCUT2D eigenvalue weighted by Crippen LogP contribution is -1.99. The van der Waals surface area contributed by atoms with Gasteiger partial charge in [-0.15, -0.1) is 0 Å². The van der Waals surface area contributed by atoms with Crippen LogP contribution >= 0.6 is 0 Å². The van der Waals surface area contributed by atoms with Crippen LogP contribution in [0.25, 0.3) is 0 Å². The monoisotopic (exact) mass is 294 g/mol. The number of hydrogen-bond acceptors (Lipinski definition) is 4. The molecule has 0 aliphatic heterocycles. The zero-order chi connectivity index (χ0) is 15.8. The van der Waals surface area contributed by atoms with Crippen molar-refractivity contribution >= 4 is 11.8 Å². The molecule has 2 aromatic carbocycles. The van der Waals surface area contributed by atoms with E-state index in [2.05, 4.69) is 10.1 Å². The first kappa shape index (κ1) is 15.7. The topological polar surface area (TPSA) is 51.0 Å². The highest BCUT2D eigenvalue weighted by Crippen LogP contribution is 2.13. The summed E-state index contributed by atoms with van der Waals surface area (Å²) in [5, 5.41) is 4.15. The molecule has 0 amide bonds. The summed E-state index contributed by atoms with van der Waals surface area (Å²) in [6.45, 7) is 4.65. The van der Waals surface area contributed by atoms with E-state index in [4.69, 9.17) is 4.84 Å². The molecule has 0 bridgehead atoms. The van der Waals surface area contributed by atoms with Crippen molar-refractivity contribution in [2.24, 2.45) is 10.1 Å². The van der Waals surface area contributed by atoms with Crippen LogP contribution in [-0.2, 0) is 22.8 Å². The van der Waals surface area contributed by atoms with Crippen LogP contribution in [0, 0.1) is 6.92 Å². The highest BCUT2D eigenvalue weighted by atomic mass is 16.6. The maximum Gasteiger partial charge on any atom is 0.235 e. The van der Waals surface area contributed by atoms with Gasteiger partial charge in [0.15, 0.2) is 0 Å². The predicted molar refractivity (Wildman–Crippen MR) is 86.4 cm³/mol. The summed E-state index contributed by atoms with van der Waals surface area (Å²) < 4.78 is 0. The zero-order valence-corrected chi connectivity index (χ0v) is 12.7. The molecule has 4 heteroatoms. The van der Waals surface area contributed by atoms with Crippen molar-refractivity contribution in [3.63, 3.8) is 0 Å². The number of rotatable bonds is 6. The molecule has 2 aromatic rings. The molecule has 0 unspecified atom stereocenters. The van der Waals surface area contributed by atoms with Crippen molar-refractivity contribution in [3.8, 4) is 0 Å². The van der Waals surface area contributed by atoms with Crippen molar-refractivity contribution in [1.29, 1.82) is 0 Å². The quantitative estimate of drug-likeness (QED) is 0.462. The fourth-order valence-electron chi connectivity index (χ4n) is 2.01. The Morgan fingerprint density at radius 3 is 2.68 bits per heavy atom. The molecule has 0 fully saturated rings. The number of isocyanates is 1. The van der Waals surface area contributed by atoms with Crippen LogP contribution < -0.4 is 0 Å².